The van der Waals surface area contributed by atoms with Gasteiger partial charge in [-0.25, -0.2) is 0 Å². The van der Waals surface area contributed by atoms with Crippen LogP contribution >= 0.6 is 0 Å². The molecule has 18 heavy (non-hydrogen) atoms. The molecular formula is C15H11N2O. The zero-order valence-corrected chi connectivity index (χ0v) is 9.92. The molecule has 0 amide bonds. The van der Waals surface area contributed by atoms with Gasteiger partial charge in [0.1, 0.15) is 6.20 Å². The molecule has 0 atom stereocenters. The summed E-state index contributed by atoms with van der Waals surface area (Å²) in [6, 6.07) is 14.0. The third-order valence-corrected chi connectivity index (χ3v) is 2.74. The molecule has 2 heterocycles. The molecule has 0 spiro atoms. The van der Waals surface area contributed by atoms with Crippen LogP contribution in [0.25, 0.3) is 22.5 Å². The fourth-order valence-corrected chi connectivity index (χ4v) is 1.90. The van der Waals surface area contributed by atoms with E-state index < -0.39 is 0 Å². The fourth-order valence-electron chi connectivity index (χ4n) is 1.90. The van der Waals surface area contributed by atoms with Gasteiger partial charge in [-0.2, -0.15) is 0 Å². The number of hydrogen-bond acceptors (Lipinski definition) is 3. The Morgan fingerprint density at radius 1 is 1.11 bits per heavy atom. The Kier molecular flexibility index (Phi) is 2.65. The van der Waals surface area contributed by atoms with Crippen molar-refractivity contribution in [3.63, 3.8) is 0 Å². The number of benzene rings is 1. The van der Waals surface area contributed by atoms with Crippen molar-refractivity contribution in [1.82, 2.24) is 10.1 Å². The Balaban J connectivity index is 2.22. The highest BCUT2D eigenvalue weighted by Crippen LogP contribution is 2.31. The number of aromatic nitrogens is 2. The summed E-state index contributed by atoms with van der Waals surface area (Å²) in [4.78, 5) is 4.21. The minimum absolute atomic E-state index is 0.682. The lowest BCUT2D eigenvalue weighted by Crippen LogP contribution is -1.89. The lowest BCUT2D eigenvalue weighted by atomic mass is 9.99. The first-order valence-electron chi connectivity index (χ1n) is 5.70. The van der Waals surface area contributed by atoms with E-state index in [9.17, 15) is 0 Å². The normalized spacial score (nSPS) is 10.5. The maximum absolute atomic E-state index is 5.20. The number of nitrogens with zero attached hydrogens (tertiary/aromatic N) is 2. The van der Waals surface area contributed by atoms with Crippen molar-refractivity contribution in [2.24, 2.45) is 0 Å². The second-order valence-corrected chi connectivity index (χ2v) is 4.04. The van der Waals surface area contributed by atoms with Gasteiger partial charge in [0.05, 0.1) is 11.8 Å². The average molecular weight is 235 g/mol. The second kappa shape index (κ2) is 4.45. The standard InChI is InChI=1S/C15H11N2O/c1-11-9-13(12-5-3-2-4-6-12)14(10-16-11)15-7-8-17-18-15/h2-9H,1H3. The molecule has 0 aliphatic heterocycles. The van der Waals surface area contributed by atoms with E-state index in [0.29, 0.717) is 5.76 Å². The van der Waals surface area contributed by atoms with Crippen LogP contribution in [0.4, 0.5) is 0 Å². The predicted octanol–water partition coefficient (Wildman–Crippen LogP) is 3.51. The van der Waals surface area contributed by atoms with Crippen LogP contribution in [0.5, 0.6) is 0 Å². The van der Waals surface area contributed by atoms with Crippen molar-refractivity contribution in [1.29, 1.82) is 0 Å². The first kappa shape index (κ1) is 10.7. The van der Waals surface area contributed by atoms with E-state index in [-0.39, 0.29) is 0 Å². The molecule has 0 unspecified atom stereocenters. The molecular weight excluding hydrogens is 224 g/mol. The maximum atomic E-state index is 5.20. The van der Waals surface area contributed by atoms with Gasteiger partial charge in [-0.15, -0.1) is 0 Å². The summed E-state index contributed by atoms with van der Waals surface area (Å²) < 4.78 is 5.20. The first-order valence-corrected chi connectivity index (χ1v) is 5.70. The van der Waals surface area contributed by atoms with Gasteiger partial charge >= 0.3 is 0 Å². The molecule has 0 saturated heterocycles. The first-order chi connectivity index (χ1) is 8.84. The third kappa shape index (κ3) is 1.91. The van der Waals surface area contributed by atoms with Crippen molar-refractivity contribution in [3.05, 3.63) is 60.6 Å². The van der Waals surface area contributed by atoms with Gasteiger partial charge in [0.25, 0.3) is 0 Å². The van der Waals surface area contributed by atoms with Gasteiger partial charge in [0.15, 0.2) is 5.76 Å². The highest BCUT2D eigenvalue weighted by molar-refractivity contribution is 5.80. The van der Waals surface area contributed by atoms with E-state index in [2.05, 4.69) is 28.5 Å². The molecule has 1 radical (unpaired) electrons. The van der Waals surface area contributed by atoms with Crippen LogP contribution in [0, 0.1) is 13.1 Å². The lowest BCUT2D eigenvalue weighted by molar-refractivity contribution is 0.432. The Bertz CT molecular complexity index is 646. The van der Waals surface area contributed by atoms with Crippen LogP contribution in [0.3, 0.4) is 0 Å². The van der Waals surface area contributed by atoms with Crippen LogP contribution in [0.2, 0.25) is 0 Å². The Morgan fingerprint density at radius 2 is 1.94 bits per heavy atom. The third-order valence-electron chi connectivity index (χ3n) is 2.74. The quantitative estimate of drug-likeness (QED) is 0.682. The van der Waals surface area contributed by atoms with Crippen molar-refractivity contribution >= 4 is 0 Å². The Hall–Kier alpha value is -2.42. The lowest BCUT2D eigenvalue weighted by Gasteiger charge is -2.07. The van der Waals surface area contributed by atoms with Crippen molar-refractivity contribution in [2.75, 3.05) is 0 Å². The van der Waals surface area contributed by atoms with Gasteiger partial charge in [0, 0.05) is 11.8 Å². The van der Waals surface area contributed by atoms with E-state index in [1.807, 2.05) is 37.3 Å². The molecule has 0 aliphatic rings. The number of rotatable bonds is 2. The Morgan fingerprint density at radius 3 is 2.67 bits per heavy atom. The molecule has 1 aromatic carbocycles. The zero-order valence-electron chi connectivity index (χ0n) is 9.92. The predicted molar refractivity (Wildman–Crippen MR) is 68.7 cm³/mol. The summed E-state index contributed by atoms with van der Waals surface area (Å²) >= 11 is 0. The number of hydrogen-bond donors (Lipinski definition) is 0. The molecule has 3 rings (SSSR count). The minimum atomic E-state index is 0.682. The van der Waals surface area contributed by atoms with Crippen molar-refractivity contribution in [2.45, 2.75) is 6.92 Å². The number of pyridine rings is 1. The fraction of sp³-hybridized carbons (Fsp3) is 0.0667. The second-order valence-electron chi connectivity index (χ2n) is 4.04. The molecule has 0 aliphatic carbocycles. The minimum Gasteiger partial charge on any atom is -0.356 e. The largest absolute Gasteiger partial charge is 0.356 e. The molecule has 2 aromatic heterocycles. The van der Waals surface area contributed by atoms with Crippen LogP contribution in [0.15, 0.2) is 53.2 Å². The SMILES string of the molecule is Cc1cc(-c2ccccc2)c(-c2ccno2)[c]n1. The van der Waals surface area contributed by atoms with E-state index in [4.69, 9.17) is 4.52 Å². The smallest absolute Gasteiger partial charge is 0.169 e. The number of aryl methyl sites for hydroxylation is 1. The van der Waals surface area contributed by atoms with Crippen LogP contribution < -0.4 is 0 Å². The van der Waals surface area contributed by atoms with E-state index in [1.165, 1.54) is 0 Å². The van der Waals surface area contributed by atoms with Crippen LogP contribution in [0.1, 0.15) is 5.69 Å². The molecule has 0 N–H and O–H groups in total. The average Bonchev–Trinajstić information content (AvgIpc) is 2.93. The van der Waals surface area contributed by atoms with Crippen molar-refractivity contribution in [3.8, 4) is 22.5 Å². The summed E-state index contributed by atoms with van der Waals surface area (Å²) in [5, 5.41) is 3.73. The van der Waals surface area contributed by atoms with Gasteiger partial charge < -0.3 is 4.52 Å². The van der Waals surface area contributed by atoms with E-state index >= 15 is 0 Å². The summed E-state index contributed by atoms with van der Waals surface area (Å²) in [6.45, 7) is 1.95. The summed E-state index contributed by atoms with van der Waals surface area (Å²) in [5.74, 6) is 0.682. The van der Waals surface area contributed by atoms with E-state index in [1.54, 1.807) is 6.20 Å². The van der Waals surface area contributed by atoms with Gasteiger partial charge in [-0.3, -0.25) is 4.98 Å². The monoisotopic (exact) mass is 235 g/mol. The highest BCUT2D eigenvalue weighted by atomic mass is 16.5. The van der Waals surface area contributed by atoms with Crippen LogP contribution in [-0.2, 0) is 0 Å². The summed E-state index contributed by atoms with van der Waals surface area (Å²) in [7, 11) is 0. The maximum Gasteiger partial charge on any atom is 0.169 e. The van der Waals surface area contributed by atoms with Gasteiger partial charge in [-0.1, -0.05) is 35.5 Å². The molecule has 0 saturated carbocycles. The summed E-state index contributed by atoms with van der Waals surface area (Å²) in [6.07, 6.45) is 4.65. The molecule has 3 aromatic rings. The molecule has 3 heteroatoms. The molecule has 87 valence electrons. The highest BCUT2D eigenvalue weighted by Gasteiger charge is 2.11. The van der Waals surface area contributed by atoms with Crippen LogP contribution in [-0.4, -0.2) is 10.1 Å². The van der Waals surface area contributed by atoms with Gasteiger partial charge in [0.2, 0.25) is 0 Å². The van der Waals surface area contributed by atoms with E-state index in [0.717, 1.165) is 22.4 Å². The molecule has 3 nitrogen and oxygen atoms in total. The topological polar surface area (TPSA) is 38.9 Å². The molecule has 0 fully saturated rings. The summed E-state index contributed by atoms with van der Waals surface area (Å²) in [5.41, 5.74) is 3.94. The zero-order chi connectivity index (χ0) is 12.4. The van der Waals surface area contributed by atoms with Crippen molar-refractivity contribution < 1.29 is 4.52 Å². The molecule has 0 bridgehead atoms. The van der Waals surface area contributed by atoms with Gasteiger partial charge in [-0.05, 0) is 24.1 Å². The Labute approximate surface area is 105 Å².